The van der Waals surface area contributed by atoms with Crippen molar-refractivity contribution in [2.24, 2.45) is 12.9 Å². The van der Waals surface area contributed by atoms with Crippen molar-refractivity contribution in [3.8, 4) is 0 Å². The molecule has 1 aromatic heterocycles. The molecule has 1 heterocycles. The Labute approximate surface area is 101 Å². The molecule has 0 fully saturated rings. The first-order valence-electron chi connectivity index (χ1n) is 5.57. The summed E-state index contributed by atoms with van der Waals surface area (Å²) in [5, 5.41) is 7.98. The maximum absolute atomic E-state index is 5.60. The molecular formula is C12H17N5. The van der Waals surface area contributed by atoms with E-state index in [0.717, 1.165) is 17.7 Å². The third-order valence-electron chi connectivity index (χ3n) is 2.71. The number of hydrogen-bond acceptors (Lipinski definition) is 4. The molecule has 1 atom stereocenters. The summed E-state index contributed by atoms with van der Waals surface area (Å²) in [6, 6.07) is 8.35. The van der Waals surface area contributed by atoms with E-state index in [2.05, 4.69) is 40.9 Å². The van der Waals surface area contributed by atoms with Gasteiger partial charge in [0.1, 0.15) is 0 Å². The van der Waals surface area contributed by atoms with Gasteiger partial charge in [-0.25, -0.2) is 0 Å². The largest absolute Gasteiger partial charge is 0.271 e. The summed E-state index contributed by atoms with van der Waals surface area (Å²) in [6.45, 7) is 2.07. The van der Waals surface area contributed by atoms with Crippen molar-refractivity contribution in [1.29, 1.82) is 0 Å². The van der Waals surface area contributed by atoms with Gasteiger partial charge in [0.25, 0.3) is 0 Å². The van der Waals surface area contributed by atoms with Crippen LogP contribution < -0.4 is 11.3 Å². The number of nitrogens with two attached hydrogens (primary N) is 1. The lowest BCUT2D eigenvalue weighted by molar-refractivity contribution is 0.545. The minimum Gasteiger partial charge on any atom is -0.271 e. The van der Waals surface area contributed by atoms with Crippen LogP contribution in [0.25, 0.3) is 0 Å². The highest BCUT2D eigenvalue weighted by Crippen LogP contribution is 2.17. The van der Waals surface area contributed by atoms with E-state index >= 15 is 0 Å². The van der Waals surface area contributed by atoms with Crippen molar-refractivity contribution < 1.29 is 0 Å². The minimum atomic E-state index is 0.0617. The minimum absolute atomic E-state index is 0.0617. The summed E-state index contributed by atoms with van der Waals surface area (Å²) in [4.78, 5) is 0. The Bertz CT molecular complexity index is 491. The molecule has 90 valence electrons. The average Bonchev–Trinajstić information content (AvgIpc) is 2.72. The van der Waals surface area contributed by atoms with Crippen LogP contribution in [-0.4, -0.2) is 15.0 Å². The van der Waals surface area contributed by atoms with Gasteiger partial charge in [0.05, 0.1) is 11.7 Å². The summed E-state index contributed by atoms with van der Waals surface area (Å²) in [5.74, 6) is 5.60. The van der Waals surface area contributed by atoms with Gasteiger partial charge in [-0.05, 0) is 12.5 Å². The van der Waals surface area contributed by atoms with Gasteiger partial charge in [0, 0.05) is 19.7 Å². The van der Waals surface area contributed by atoms with E-state index in [-0.39, 0.29) is 6.04 Å². The standard InChI is InChI=1S/C12H17N5/c1-9-4-3-5-10(6-9)12(14-13)7-11-8-17(2)16-15-11/h3-6,8,12,14H,7,13H2,1-2H3. The lowest BCUT2D eigenvalue weighted by Gasteiger charge is -2.15. The Hall–Kier alpha value is -1.72. The fraction of sp³-hybridized carbons (Fsp3) is 0.333. The molecule has 0 bridgehead atoms. The number of aromatic nitrogens is 3. The predicted molar refractivity (Wildman–Crippen MR) is 66.0 cm³/mol. The number of hydrogen-bond donors (Lipinski definition) is 2. The van der Waals surface area contributed by atoms with Crippen LogP contribution in [-0.2, 0) is 13.5 Å². The molecule has 0 aliphatic heterocycles. The Balaban J connectivity index is 2.16. The van der Waals surface area contributed by atoms with E-state index in [9.17, 15) is 0 Å². The van der Waals surface area contributed by atoms with Crippen LogP contribution in [0.5, 0.6) is 0 Å². The molecule has 17 heavy (non-hydrogen) atoms. The zero-order valence-electron chi connectivity index (χ0n) is 10.1. The molecule has 5 nitrogen and oxygen atoms in total. The molecule has 0 spiro atoms. The topological polar surface area (TPSA) is 68.8 Å². The molecule has 0 aliphatic carbocycles. The molecule has 1 aromatic carbocycles. The molecule has 2 aromatic rings. The van der Waals surface area contributed by atoms with Crippen molar-refractivity contribution >= 4 is 0 Å². The molecule has 0 amide bonds. The molecule has 0 saturated heterocycles. The Kier molecular flexibility index (Phi) is 3.51. The van der Waals surface area contributed by atoms with E-state index in [0.29, 0.717) is 0 Å². The molecule has 2 rings (SSSR count). The third-order valence-corrected chi connectivity index (χ3v) is 2.71. The molecule has 5 heteroatoms. The first-order valence-corrected chi connectivity index (χ1v) is 5.57. The quantitative estimate of drug-likeness (QED) is 0.605. The number of nitrogens with one attached hydrogen (secondary N) is 1. The third kappa shape index (κ3) is 2.89. The fourth-order valence-corrected chi connectivity index (χ4v) is 1.86. The second-order valence-corrected chi connectivity index (χ2v) is 4.22. The van der Waals surface area contributed by atoms with E-state index in [4.69, 9.17) is 5.84 Å². The van der Waals surface area contributed by atoms with Gasteiger partial charge >= 0.3 is 0 Å². The van der Waals surface area contributed by atoms with Crippen molar-refractivity contribution in [3.63, 3.8) is 0 Å². The maximum Gasteiger partial charge on any atom is 0.0846 e. The van der Waals surface area contributed by atoms with Crippen LogP contribution >= 0.6 is 0 Å². The first kappa shape index (κ1) is 11.8. The van der Waals surface area contributed by atoms with Crippen molar-refractivity contribution in [1.82, 2.24) is 20.4 Å². The van der Waals surface area contributed by atoms with Crippen LogP contribution in [0.4, 0.5) is 0 Å². The van der Waals surface area contributed by atoms with Gasteiger partial charge < -0.3 is 0 Å². The summed E-state index contributed by atoms with van der Waals surface area (Å²) in [7, 11) is 1.86. The molecule has 1 unspecified atom stereocenters. The molecule has 0 radical (unpaired) electrons. The van der Waals surface area contributed by atoms with Crippen LogP contribution in [0, 0.1) is 6.92 Å². The zero-order valence-corrected chi connectivity index (χ0v) is 10.1. The van der Waals surface area contributed by atoms with Crippen LogP contribution in [0.3, 0.4) is 0 Å². The Morgan fingerprint density at radius 2 is 2.29 bits per heavy atom. The molecular weight excluding hydrogens is 214 g/mol. The van der Waals surface area contributed by atoms with E-state index in [1.807, 2.05) is 19.3 Å². The van der Waals surface area contributed by atoms with Crippen LogP contribution in [0.2, 0.25) is 0 Å². The van der Waals surface area contributed by atoms with Gasteiger partial charge in [-0.15, -0.1) is 5.10 Å². The monoisotopic (exact) mass is 231 g/mol. The second-order valence-electron chi connectivity index (χ2n) is 4.22. The number of nitrogens with zero attached hydrogens (tertiary/aromatic N) is 3. The van der Waals surface area contributed by atoms with Crippen molar-refractivity contribution in [3.05, 3.63) is 47.3 Å². The van der Waals surface area contributed by atoms with Gasteiger partial charge in [-0.1, -0.05) is 35.0 Å². The Morgan fingerprint density at radius 3 is 2.88 bits per heavy atom. The van der Waals surface area contributed by atoms with Gasteiger partial charge in [0.15, 0.2) is 0 Å². The summed E-state index contributed by atoms with van der Waals surface area (Å²) >= 11 is 0. The van der Waals surface area contributed by atoms with Gasteiger partial charge in [-0.3, -0.25) is 16.0 Å². The predicted octanol–water partition coefficient (Wildman–Crippen LogP) is 0.871. The summed E-state index contributed by atoms with van der Waals surface area (Å²) in [5.41, 5.74) is 6.14. The number of aryl methyl sites for hydroxylation is 2. The number of rotatable bonds is 4. The average molecular weight is 231 g/mol. The number of hydrazine groups is 1. The molecule has 3 N–H and O–H groups in total. The fourth-order valence-electron chi connectivity index (χ4n) is 1.86. The maximum atomic E-state index is 5.60. The zero-order chi connectivity index (χ0) is 12.3. The lowest BCUT2D eigenvalue weighted by atomic mass is 10.0. The van der Waals surface area contributed by atoms with E-state index < -0.39 is 0 Å². The highest BCUT2D eigenvalue weighted by molar-refractivity contribution is 5.25. The van der Waals surface area contributed by atoms with Crippen LogP contribution in [0.1, 0.15) is 22.9 Å². The van der Waals surface area contributed by atoms with Crippen LogP contribution in [0.15, 0.2) is 30.5 Å². The Morgan fingerprint density at radius 1 is 1.47 bits per heavy atom. The summed E-state index contributed by atoms with van der Waals surface area (Å²) < 4.78 is 1.69. The highest BCUT2D eigenvalue weighted by atomic mass is 15.4. The number of benzene rings is 1. The SMILES string of the molecule is Cc1cccc(C(Cc2cn(C)nn2)NN)c1. The van der Waals surface area contributed by atoms with Gasteiger partial charge in [-0.2, -0.15) is 0 Å². The smallest absolute Gasteiger partial charge is 0.0846 e. The van der Waals surface area contributed by atoms with Crippen molar-refractivity contribution in [2.75, 3.05) is 0 Å². The summed E-state index contributed by atoms with van der Waals surface area (Å²) in [6.07, 6.45) is 2.63. The first-order chi connectivity index (χ1) is 8.19. The van der Waals surface area contributed by atoms with Crippen molar-refractivity contribution in [2.45, 2.75) is 19.4 Å². The second kappa shape index (κ2) is 5.07. The molecule has 0 aliphatic rings. The van der Waals surface area contributed by atoms with Gasteiger partial charge in [0.2, 0.25) is 0 Å². The van der Waals surface area contributed by atoms with E-state index in [1.54, 1.807) is 4.68 Å². The molecule has 0 saturated carbocycles. The highest BCUT2D eigenvalue weighted by Gasteiger charge is 2.12. The normalized spacial score (nSPS) is 12.6. The lowest BCUT2D eigenvalue weighted by Crippen LogP contribution is -2.29. The van der Waals surface area contributed by atoms with E-state index in [1.165, 1.54) is 5.56 Å².